The number of aromatic nitrogens is 2. The Bertz CT molecular complexity index is 627. The molecule has 0 radical (unpaired) electrons. The molecule has 0 fully saturated rings. The summed E-state index contributed by atoms with van der Waals surface area (Å²) in [5, 5.41) is 3.18. The van der Waals surface area contributed by atoms with E-state index in [9.17, 15) is 8.78 Å². The first-order valence-corrected chi connectivity index (χ1v) is 6.58. The molecule has 1 heterocycles. The third-order valence-electron chi connectivity index (χ3n) is 3.01. The van der Waals surface area contributed by atoms with Crippen LogP contribution in [0.4, 0.5) is 14.6 Å². The average Bonchev–Trinajstić information content (AvgIpc) is 2.42. The number of benzene rings is 1. The molecule has 1 aromatic heterocycles. The molecular weight excluding hydrogens is 260 g/mol. The second-order valence-corrected chi connectivity index (χ2v) is 4.62. The van der Waals surface area contributed by atoms with Crippen molar-refractivity contribution in [3.05, 3.63) is 41.2 Å². The van der Waals surface area contributed by atoms with E-state index in [1.54, 1.807) is 13.8 Å². The van der Waals surface area contributed by atoms with Crippen LogP contribution < -0.4 is 5.32 Å². The van der Waals surface area contributed by atoms with Crippen molar-refractivity contribution in [3.8, 4) is 11.3 Å². The fourth-order valence-corrected chi connectivity index (χ4v) is 1.99. The molecule has 5 heteroatoms. The predicted molar refractivity (Wildman–Crippen MR) is 75.6 cm³/mol. The number of hydrogen-bond donors (Lipinski definition) is 1. The van der Waals surface area contributed by atoms with Crippen molar-refractivity contribution in [2.45, 2.75) is 27.2 Å². The summed E-state index contributed by atoms with van der Waals surface area (Å²) in [4.78, 5) is 8.57. The molecule has 20 heavy (non-hydrogen) atoms. The Morgan fingerprint density at radius 2 is 1.90 bits per heavy atom. The minimum Gasteiger partial charge on any atom is -0.370 e. The molecule has 0 atom stereocenters. The molecule has 0 aliphatic heterocycles. The number of rotatable bonds is 4. The van der Waals surface area contributed by atoms with Gasteiger partial charge in [0.1, 0.15) is 11.6 Å². The molecule has 3 nitrogen and oxygen atoms in total. The van der Waals surface area contributed by atoms with E-state index >= 15 is 0 Å². The van der Waals surface area contributed by atoms with Gasteiger partial charge in [0, 0.05) is 17.7 Å². The number of hydrogen-bond acceptors (Lipinski definition) is 3. The number of nitrogens with zero attached hydrogens (tertiary/aromatic N) is 2. The Hall–Kier alpha value is -2.04. The van der Waals surface area contributed by atoms with Gasteiger partial charge in [0.05, 0.1) is 5.69 Å². The van der Waals surface area contributed by atoms with Crippen molar-refractivity contribution in [1.82, 2.24) is 9.97 Å². The molecule has 0 aliphatic rings. The van der Waals surface area contributed by atoms with E-state index in [1.165, 1.54) is 12.1 Å². The van der Waals surface area contributed by atoms with E-state index in [0.717, 1.165) is 19.0 Å². The fraction of sp³-hybridized carbons (Fsp3) is 0.333. The number of nitrogens with one attached hydrogen (secondary N) is 1. The lowest BCUT2D eigenvalue weighted by atomic mass is 10.1. The SMILES string of the molecule is CCCNc1nc(C)nc(-c2cccc(F)c2F)c1C. The van der Waals surface area contributed by atoms with Gasteiger partial charge in [-0.25, -0.2) is 18.7 Å². The van der Waals surface area contributed by atoms with Crippen LogP contribution in [0.15, 0.2) is 18.2 Å². The summed E-state index contributed by atoms with van der Waals surface area (Å²) in [6, 6.07) is 4.10. The highest BCUT2D eigenvalue weighted by Gasteiger charge is 2.16. The smallest absolute Gasteiger partial charge is 0.168 e. The molecule has 0 aliphatic carbocycles. The van der Waals surface area contributed by atoms with Gasteiger partial charge in [-0.15, -0.1) is 0 Å². The number of anilines is 1. The zero-order valence-corrected chi connectivity index (χ0v) is 11.8. The Kier molecular flexibility index (Phi) is 4.27. The molecule has 0 saturated heterocycles. The van der Waals surface area contributed by atoms with Gasteiger partial charge in [0.15, 0.2) is 11.6 Å². The van der Waals surface area contributed by atoms with E-state index in [1.807, 2.05) is 6.92 Å². The van der Waals surface area contributed by atoms with E-state index in [4.69, 9.17) is 0 Å². The second kappa shape index (κ2) is 5.94. The third-order valence-corrected chi connectivity index (χ3v) is 3.01. The van der Waals surface area contributed by atoms with Crippen LogP contribution in [0.1, 0.15) is 24.7 Å². The lowest BCUT2D eigenvalue weighted by Crippen LogP contribution is -2.08. The summed E-state index contributed by atoms with van der Waals surface area (Å²) in [6.07, 6.45) is 0.951. The Morgan fingerprint density at radius 1 is 1.15 bits per heavy atom. The topological polar surface area (TPSA) is 37.8 Å². The van der Waals surface area contributed by atoms with Crippen LogP contribution in [0.2, 0.25) is 0 Å². The zero-order chi connectivity index (χ0) is 14.7. The van der Waals surface area contributed by atoms with Crippen molar-refractivity contribution in [2.24, 2.45) is 0 Å². The van der Waals surface area contributed by atoms with Gasteiger partial charge in [-0.3, -0.25) is 0 Å². The van der Waals surface area contributed by atoms with Gasteiger partial charge < -0.3 is 5.32 Å². The molecular formula is C15H17F2N3. The molecule has 106 valence electrons. The fourth-order valence-electron chi connectivity index (χ4n) is 1.99. The normalized spacial score (nSPS) is 10.7. The highest BCUT2D eigenvalue weighted by Crippen LogP contribution is 2.28. The van der Waals surface area contributed by atoms with E-state index in [0.29, 0.717) is 22.9 Å². The van der Waals surface area contributed by atoms with Crippen molar-refractivity contribution in [3.63, 3.8) is 0 Å². The molecule has 0 unspecified atom stereocenters. The summed E-state index contributed by atoms with van der Waals surface area (Å²) in [5.41, 5.74) is 1.30. The second-order valence-electron chi connectivity index (χ2n) is 4.62. The molecule has 0 spiro atoms. The average molecular weight is 277 g/mol. The van der Waals surface area contributed by atoms with Crippen LogP contribution in [0.5, 0.6) is 0 Å². The van der Waals surface area contributed by atoms with Gasteiger partial charge in [0.2, 0.25) is 0 Å². The van der Waals surface area contributed by atoms with E-state index in [-0.39, 0.29) is 5.56 Å². The Morgan fingerprint density at radius 3 is 2.60 bits per heavy atom. The molecule has 1 N–H and O–H groups in total. The lowest BCUT2D eigenvalue weighted by Gasteiger charge is -2.13. The van der Waals surface area contributed by atoms with Gasteiger partial charge in [0.25, 0.3) is 0 Å². The quantitative estimate of drug-likeness (QED) is 0.922. The molecule has 1 aromatic carbocycles. The van der Waals surface area contributed by atoms with Crippen LogP contribution in [-0.2, 0) is 0 Å². The summed E-state index contributed by atoms with van der Waals surface area (Å²) in [7, 11) is 0. The van der Waals surface area contributed by atoms with Crippen molar-refractivity contribution < 1.29 is 8.78 Å². The van der Waals surface area contributed by atoms with Crippen molar-refractivity contribution in [2.75, 3.05) is 11.9 Å². The molecule has 2 aromatic rings. The van der Waals surface area contributed by atoms with E-state index in [2.05, 4.69) is 15.3 Å². The van der Waals surface area contributed by atoms with Crippen molar-refractivity contribution in [1.29, 1.82) is 0 Å². The summed E-state index contributed by atoms with van der Waals surface area (Å²) in [6.45, 7) is 6.35. The molecule has 0 saturated carbocycles. The summed E-state index contributed by atoms with van der Waals surface area (Å²) >= 11 is 0. The minimum atomic E-state index is -0.879. The van der Waals surface area contributed by atoms with E-state index < -0.39 is 11.6 Å². The predicted octanol–water partition coefficient (Wildman–Crippen LogP) is 3.86. The Labute approximate surface area is 117 Å². The lowest BCUT2D eigenvalue weighted by molar-refractivity contribution is 0.511. The standard InChI is InChI=1S/C15H17F2N3/c1-4-8-18-15-9(2)14(19-10(3)20-15)11-6-5-7-12(16)13(11)17/h5-7H,4,8H2,1-3H3,(H,18,19,20). The first kappa shape index (κ1) is 14.4. The first-order chi connectivity index (χ1) is 9.54. The zero-order valence-electron chi connectivity index (χ0n) is 11.8. The number of halogens is 2. The van der Waals surface area contributed by atoms with Crippen LogP contribution in [0.3, 0.4) is 0 Å². The van der Waals surface area contributed by atoms with Gasteiger partial charge in [-0.2, -0.15) is 0 Å². The van der Waals surface area contributed by atoms with Crippen LogP contribution >= 0.6 is 0 Å². The maximum Gasteiger partial charge on any atom is 0.168 e. The van der Waals surface area contributed by atoms with Gasteiger partial charge in [-0.1, -0.05) is 13.0 Å². The van der Waals surface area contributed by atoms with Gasteiger partial charge >= 0.3 is 0 Å². The highest BCUT2D eigenvalue weighted by atomic mass is 19.2. The van der Waals surface area contributed by atoms with Crippen LogP contribution in [-0.4, -0.2) is 16.5 Å². The molecule has 0 bridgehead atoms. The Balaban J connectivity index is 2.56. The summed E-state index contributed by atoms with van der Waals surface area (Å²) < 4.78 is 27.3. The van der Waals surface area contributed by atoms with Gasteiger partial charge in [-0.05, 0) is 32.4 Å². The van der Waals surface area contributed by atoms with Crippen LogP contribution in [0.25, 0.3) is 11.3 Å². The maximum atomic E-state index is 13.9. The minimum absolute atomic E-state index is 0.160. The van der Waals surface area contributed by atoms with Crippen LogP contribution in [0, 0.1) is 25.5 Å². The van der Waals surface area contributed by atoms with Crippen molar-refractivity contribution >= 4 is 5.82 Å². The largest absolute Gasteiger partial charge is 0.370 e. The highest BCUT2D eigenvalue weighted by molar-refractivity contribution is 5.68. The number of aryl methyl sites for hydroxylation is 1. The first-order valence-electron chi connectivity index (χ1n) is 6.58. The summed E-state index contributed by atoms with van der Waals surface area (Å²) in [5.74, 6) is -0.567. The molecule has 0 amide bonds. The third kappa shape index (κ3) is 2.76. The monoisotopic (exact) mass is 277 g/mol. The molecule has 2 rings (SSSR count). The maximum absolute atomic E-state index is 13.9.